The van der Waals surface area contributed by atoms with Gasteiger partial charge in [-0.15, -0.1) is 0 Å². The third-order valence-electron chi connectivity index (χ3n) is 0.805. The van der Waals surface area contributed by atoms with Gasteiger partial charge in [0.05, 0.1) is 12.6 Å². The summed E-state index contributed by atoms with van der Waals surface area (Å²) in [7, 11) is 0. The van der Waals surface area contributed by atoms with Gasteiger partial charge in [0.15, 0.2) is 0 Å². The van der Waals surface area contributed by atoms with Crippen molar-refractivity contribution in [3.8, 4) is 6.07 Å². The van der Waals surface area contributed by atoms with Gasteiger partial charge in [-0.05, 0) is 5.41 Å². The lowest BCUT2D eigenvalue weighted by atomic mass is 9.96. The number of nitriles is 1. The number of nitrogens with zero attached hydrogens (tertiary/aromatic N) is 2. The molecule has 2 nitrogen and oxygen atoms in total. The number of hydrogen-bond donors (Lipinski definition) is 0. The van der Waals surface area contributed by atoms with Crippen LogP contribution in [-0.4, -0.2) is 0 Å². The van der Waals surface area contributed by atoms with E-state index in [0.29, 0.717) is 0 Å². The van der Waals surface area contributed by atoms with Crippen molar-refractivity contribution in [2.75, 3.05) is 0 Å². The van der Waals surface area contributed by atoms with Gasteiger partial charge < -0.3 is 0 Å². The molecule has 0 spiro atoms. The van der Waals surface area contributed by atoms with Gasteiger partial charge in [0, 0.05) is 0 Å². The van der Waals surface area contributed by atoms with Gasteiger partial charge in [-0.2, -0.15) is 0 Å². The molecule has 10 heavy (non-hydrogen) atoms. The lowest BCUT2D eigenvalue weighted by Crippen LogP contribution is -1.99. The van der Waals surface area contributed by atoms with Crippen molar-refractivity contribution < 1.29 is 0 Å². The molecule has 0 bridgehead atoms. The second-order valence-corrected chi connectivity index (χ2v) is 3.12. The second-order valence-electron chi connectivity index (χ2n) is 3.12. The predicted molar refractivity (Wildman–Crippen MR) is 39.8 cm³/mol. The van der Waals surface area contributed by atoms with E-state index in [-0.39, 0.29) is 11.1 Å². The molecule has 52 valence electrons. The summed E-state index contributed by atoms with van der Waals surface area (Å²) >= 11 is 0. The molecule has 0 aromatic rings. The highest BCUT2D eigenvalue weighted by Gasteiger charge is 2.07. The Bertz CT molecular complexity index is 201. The van der Waals surface area contributed by atoms with E-state index < -0.39 is 0 Å². The van der Waals surface area contributed by atoms with Crippen molar-refractivity contribution in [1.29, 1.82) is 5.26 Å². The van der Waals surface area contributed by atoms with E-state index in [1.165, 1.54) is 0 Å². The minimum atomic E-state index is -0.0738. The summed E-state index contributed by atoms with van der Waals surface area (Å²) < 4.78 is 0. The predicted octanol–water partition coefficient (Wildman–Crippen LogP) is 2.36. The van der Waals surface area contributed by atoms with Crippen molar-refractivity contribution in [3.05, 3.63) is 23.2 Å². The molecular formula is C8H10N2. The minimum Gasteiger partial charge on any atom is -0.227 e. The molecule has 0 aliphatic carbocycles. The van der Waals surface area contributed by atoms with Crippen LogP contribution in [0.4, 0.5) is 0 Å². The van der Waals surface area contributed by atoms with Gasteiger partial charge in [-0.25, -0.2) is 10.1 Å². The third-order valence-corrected chi connectivity index (χ3v) is 0.805. The van der Waals surface area contributed by atoms with Crippen LogP contribution in [0.15, 0.2) is 11.8 Å². The molecule has 0 radical (unpaired) electrons. The Kier molecular flexibility index (Phi) is 2.65. The Labute approximate surface area is 61.6 Å². The zero-order valence-electron chi connectivity index (χ0n) is 6.47. The van der Waals surface area contributed by atoms with E-state index in [1.54, 1.807) is 6.08 Å². The van der Waals surface area contributed by atoms with E-state index in [9.17, 15) is 0 Å². The normalized spacial score (nSPS) is 11.9. The monoisotopic (exact) mass is 134 g/mol. The van der Waals surface area contributed by atoms with E-state index in [2.05, 4.69) is 4.85 Å². The van der Waals surface area contributed by atoms with E-state index in [0.717, 1.165) is 0 Å². The Balaban J connectivity index is 4.50. The summed E-state index contributed by atoms with van der Waals surface area (Å²) in [5, 5.41) is 8.36. The Morgan fingerprint density at radius 2 is 2.10 bits per heavy atom. The van der Waals surface area contributed by atoms with Gasteiger partial charge in [-0.1, -0.05) is 26.8 Å². The van der Waals surface area contributed by atoms with Crippen LogP contribution in [0.3, 0.4) is 0 Å². The van der Waals surface area contributed by atoms with Gasteiger partial charge in [-0.3, -0.25) is 0 Å². The lowest BCUT2D eigenvalue weighted by molar-refractivity contribution is 0.542. The molecular weight excluding hydrogens is 124 g/mol. The smallest absolute Gasteiger partial charge is 0.227 e. The maximum atomic E-state index is 8.36. The molecule has 0 amide bonds. The molecule has 0 aromatic carbocycles. The fourth-order valence-corrected chi connectivity index (χ4v) is 0.500. The molecule has 0 aliphatic heterocycles. The lowest BCUT2D eigenvalue weighted by Gasteiger charge is -2.10. The molecule has 0 saturated heterocycles. The van der Waals surface area contributed by atoms with Crippen molar-refractivity contribution >= 4 is 0 Å². The van der Waals surface area contributed by atoms with E-state index in [1.807, 2.05) is 26.8 Å². The Morgan fingerprint density at radius 1 is 1.60 bits per heavy atom. The van der Waals surface area contributed by atoms with Crippen molar-refractivity contribution in [3.63, 3.8) is 0 Å². The van der Waals surface area contributed by atoms with Crippen LogP contribution in [-0.2, 0) is 0 Å². The summed E-state index contributed by atoms with van der Waals surface area (Å²) in [6.45, 7) is 12.4. The van der Waals surface area contributed by atoms with Crippen LogP contribution in [0.25, 0.3) is 4.85 Å². The topological polar surface area (TPSA) is 28.1 Å². The molecule has 0 rings (SSSR count). The van der Waals surface area contributed by atoms with Gasteiger partial charge >= 0.3 is 0 Å². The highest BCUT2D eigenvalue weighted by atomic mass is 14.7. The van der Waals surface area contributed by atoms with Crippen LogP contribution < -0.4 is 0 Å². The summed E-state index contributed by atoms with van der Waals surface area (Å²) in [5.74, 6) is 0. The molecule has 0 atom stereocenters. The van der Waals surface area contributed by atoms with Crippen LogP contribution in [0, 0.1) is 23.3 Å². The van der Waals surface area contributed by atoms with Gasteiger partial charge in [0.1, 0.15) is 0 Å². The summed E-state index contributed by atoms with van der Waals surface area (Å²) in [6.07, 6.45) is 1.67. The average molecular weight is 134 g/mol. The average Bonchev–Trinajstić information content (AvgIpc) is 1.81. The van der Waals surface area contributed by atoms with E-state index in [4.69, 9.17) is 11.8 Å². The number of allylic oxidation sites excluding steroid dienone is 2. The zero-order chi connectivity index (χ0) is 8.20. The Morgan fingerprint density at radius 3 is 2.20 bits per heavy atom. The molecule has 0 saturated carbocycles. The maximum Gasteiger partial charge on any atom is 0.258 e. The van der Waals surface area contributed by atoms with Crippen LogP contribution >= 0.6 is 0 Å². The van der Waals surface area contributed by atoms with E-state index >= 15 is 0 Å². The van der Waals surface area contributed by atoms with Crippen LogP contribution in [0.1, 0.15) is 20.8 Å². The van der Waals surface area contributed by atoms with Crippen LogP contribution in [0.5, 0.6) is 0 Å². The molecule has 0 aromatic heterocycles. The molecule has 0 heterocycles. The summed E-state index contributed by atoms with van der Waals surface area (Å²) in [6, 6.07) is 1.82. The van der Waals surface area contributed by atoms with Crippen molar-refractivity contribution in [2.45, 2.75) is 20.8 Å². The SMILES string of the molecule is [C-]#[N+]/C(C#N)=C\C(C)(C)C. The zero-order valence-corrected chi connectivity index (χ0v) is 6.47. The largest absolute Gasteiger partial charge is 0.258 e. The summed E-state index contributed by atoms with van der Waals surface area (Å²) in [4.78, 5) is 3.04. The highest BCUT2D eigenvalue weighted by molar-refractivity contribution is 5.28. The van der Waals surface area contributed by atoms with Crippen LogP contribution in [0.2, 0.25) is 0 Å². The second kappa shape index (κ2) is 3.03. The third kappa shape index (κ3) is 3.69. The van der Waals surface area contributed by atoms with Crippen molar-refractivity contribution in [2.24, 2.45) is 5.41 Å². The molecule has 0 aliphatic rings. The molecule has 2 heteroatoms. The highest BCUT2D eigenvalue weighted by Crippen LogP contribution is 2.17. The standard InChI is InChI=1S/C8H10N2/c1-8(2,3)5-7(6-9)10-4/h5H,1-3H3/b7-5-. The maximum absolute atomic E-state index is 8.36. The first kappa shape index (κ1) is 8.72. The summed E-state index contributed by atoms with van der Waals surface area (Å²) in [5.41, 5.74) is 0.0998. The number of hydrogen-bond acceptors (Lipinski definition) is 1. The minimum absolute atomic E-state index is 0.0738. The van der Waals surface area contributed by atoms with Gasteiger partial charge in [0.25, 0.3) is 5.70 Å². The van der Waals surface area contributed by atoms with Gasteiger partial charge in [0.2, 0.25) is 0 Å². The molecule has 0 fully saturated rings. The number of rotatable bonds is 0. The first-order chi connectivity index (χ1) is 4.49. The quantitative estimate of drug-likeness (QED) is 0.369. The molecule has 0 N–H and O–H groups in total. The fraction of sp³-hybridized carbons (Fsp3) is 0.500. The Hall–Kier alpha value is -1.28. The first-order valence-electron chi connectivity index (χ1n) is 3.00. The molecule has 0 unspecified atom stereocenters. The fourth-order valence-electron chi connectivity index (χ4n) is 0.500. The van der Waals surface area contributed by atoms with Crippen molar-refractivity contribution in [1.82, 2.24) is 0 Å². The first-order valence-corrected chi connectivity index (χ1v) is 3.00.